The monoisotopic (exact) mass is 303 g/mol. The van der Waals surface area contributed by atoms with Gasteiger partial charge in [0.25, 0.3) is 0 Å². The number of anilines is 1. The molecule has 0 saturated carbocycles. The van der Waals surface area contributed by atoms with E-state index < -0.39 is 0 Å². The summed E-state index contributed by atoms with van der Waals surface area (Å²) in [5.74, 6) is -0.0391. The van der Waals surface area contributed by atoms with Crippen LogP contribution in [0, 0.1) is 25.6 Å². The molecular formula is C17H22FN3O. The van der Waals surface area contributed by atoms with Crippen molar-refractivity contribution in [3.8, 4) is 0 Å². The highest BCUT2D eigenvalue weighted by Gasteiger charge is 2.15. The van der Waals surface area contributed by atoms with Gasteiger partial charge in [0.1, 0.15) is 5.82 Å². The Hall–Kier alpha value is -2.17. The van der Waals surface area contributed by atoms with Gasteiger partial charge in [0.05, 0.1) is 12.1 Å². The number of nitrogens with zero attached hydrogens (tertiary/aromatic N) is 2. The Kier molecular flexibility index (Phi) is 4.96. The molecule has 0 bridgehead atoms. The van der Waals surface area contributed by atoms with Gasteiger partial charge in [0.15, 0.2) is 0 Å². The lowest BCUT2D eigenvalue weighted by atomic mass is 10.1. The number of carbonyl (C=O) groups excluding carboxylic acids is 1. The van der Waals surface area contributed by atoms with Gasteiger partial charge in [-0.05, 0) is 38.0 Å². The molecule has 22 heavy (non-hydrogen) atoms. The molecule has 0 aliphatic rings. The van der Waals surface area contributed by atoms with Crippen molar-refractivity contribution in [3.63, 3.8) is 0 Å². The van der Waals surface area contributed by atoms with Crippen molar-refractivity contribution >= 4 is 11.6 Å². The Bertz CT molecular complexity index is 677. The van der Waals surface area contributed by atoms with Gasteiger partial charge in [-0.3, -0.25) is 9.48 Å². The molecule has 0 radical (unpaired) electrons. The smallest absolute Gasteiger partial charge is 0.228 e. The standard InChI is InChI=1S/C17H22FN3O/c1-11(2)10-21-13(4)16(12(3)20-21)9-17(22)19-15-7-5-6-14(18)8-15/h5-8,11H,9-10H2,1-4H3,(H,19,22). The number of benzene rings is 1. The van der Waals surface area contributed by atoms with Gasteiger partial charge in [-0.1, -0.05) is 19.9 Å². The first kappa shape index (κ1) is 16.2. The molecule has 5 heteroatoms. The highest BCUT2D eigenvalue weighted by Crippen LogP contribution is 2.16. The number of halogens is 1. The van der Waals surface area contributed by atoms with Crippen molar-refractivity contribution in [2.45, 2.75) is 40.7 Å². The Morgan fingerprint density at radius 2 is 2.09 bits per heavy atom. The average Bonchev–Trinajstić information content (AvgIpc) is 2.66. The third kappa shape index (κ3) is 3.93. The van der Waals surface area contributed by atoms with Crippen LogP contribution in [0.15, 0.2) is 24.3 Å². The highest BCUT2D eigenvalue weighted by atomic mass is 19.1. The third-order valence-corrected chi connectivity index (χ3v) is 3.52. The molecule has 118 valence electrons. The Morgan fingerprint density at radius 1 is 1.36 bits per heavy atom. The zero-order valence-corrected chi connectivity index (χ0v) is 13.5. The third-order valence-electron chi connectivity index (χ3n) is 3.52. The first-order valence-corrected chi connectivity index (χ1v) is 7.45. The van der Waals surface area contributed by atoms with Gasteiger partial charge >= 0.3 is 0 Å². The van der Waals surface area contributed by atoms with E-state index in [2.05, 4.69) is 24.3 Å². The molecule has 0 atom stereocenters. The van der Waals surface area contributed by atoms with Crippen molar-refractivity contribution in [2.24, 2.45) is 5.92 Å². The molecule has 1 aromatic heterocycles. The van der Waals surface area contributed by atoms with E-state index in [0.717, 1.165) is 23.5 Å². The van der Waals surface area contributed by atoms with Crippen LogP contribution in [0.2, 0.25) is 0 Å². The lowest BCUT2D eigenvalue weighted by Crippen LogP contribution is -2.15. The predicted molar refractivity (Wildman–Crippen MR) is 85.3 cm³/mol. The van der Waals surface area contributed by atoms with E-state index in [0.29, 0.717) is 11.6 Å². The van der Waals surface area contributed by atoms with Crippen molar-refractivity contribution in [3.05, 3.63) is 47.0 Å². The van der Waals surface area contributed by atoms with Gasteiger partial charge < -0.3 is 5.32 Å². The number of nitrogens with one attached hydrogen (secondary N) is 1. The molecule has 0 saturated heterocycles. The van der Waals surface area contributed by atoms with Gasteiger partial charge in [-0.15, -0.1) is 0 Å². The van der Waals surface area contributed by atoms with Crippen molar-refractivity contribution in [1.29, 1.82) is 0 Å². The molecule has 0 spiro atoms. The second-order valence-electron chi connectivity index (χ2n) is 5.96. The van der Waals surface area contributed by atoms with Crippen molar-refractivity contribution < 1.29 is 9.18 Å². The zero-order chi connectivity index (χ0) is 16.3. The molecule has 1 heterocycles. The number of hydrogen-bond acceptors (Lipinski definition) is 2. The Balaban J connectivity index is 2.10. The van der Waals surface area contributed by atoms with E-state index in [1.807, 2.05) is 18.5 Å². The summed E-state index contributed by atoms with van der Waals surface area (Å²) in [6.45, 7) is 8.99. The van der Waals surface area contributed by atoms with E-state index >= 15 is 0 Å². The van der Waals surface area contributed by atoms with Gasteiger partial charge in [0, 0.05) is 23.5 Å². The molecule has 0 unspecified atom stereocenters. The normalized spacial score (nSPS) is 11.0. The van der Waals surface area contributed by atoms with Crippen LogP contribution in [0.4, 0.5) is 10.1 Å². The SMILES string of the molecule is Cc1nn(CC(C)C)c(C)c1CC(=O)Nc1cccc(F)c1. The van der Waals surface area contributed by atoms with E-state index in [9.17, 15) is 9.18 Å². The second-order valence-corrected chi connectivity index (χ2v) is 5.96. The summed E-state index contributed by atoms with van der Waals surface area (Å²) < 4.78 is 15.1. The molecular weight excluding hydrogens is 281 g/mol. The lowest BCUT2D eigenvalue weighted by Gasteiger charge is -2.08. The minimum Gasteiger partial charge on any atom is -0.326 e. The summed E-state index contributed by atoms with van der Waals surface area (Å²) in [7, 11) is 0. The minimum atomic E-state index is -0.366. The Morgan fingerprint density at radius 3 is 2.73 bits per heavy atom. The summed E-state index contributed by atoms with van der Waals surface area (Å²) in [6, 6.07) is 5.89. The van der Waals surface area contributed by atoms with Crippen LogP contribution in [-0.4, -0.2) is 15.7 Å². The van der Waals surface area contributed by atoms with Crippen LogP contribution in [0.5, 0.6) is 0 Å². The largest absolute Gasteiger partial charge is 0.326 e. The van der Waals surface area contributed by atoms with Crippen LogP contribution in [0.25, 0.3) is 0 Å². The number of aromatic nitrogens is 2. The van der Waals surface area contributed by atoms with Crippen LogP contribution in [-0.2, 0) is 17.8 Å². The first-order chi connectivity index (χ1) is 10.4. The van der Waals surface area contributed by atoms with Crippen LogP contribution in [0.1, 0.15) is 30.8 Å². The van der Waals surface area contributed by atoms with Gasteiger partial charge in [-0.25, -0.2) is 4.39 Å². The average molecular weight is 303 g/mol. The molecule has 2 rings (SSSR count). The van der Waals surface area contributed by atoms with E-state index in [-0.39, 0.29) is 18.1 Å². The molecule has 1 amide bonds. The maximum Gasteiger partial charge on any atom is 0.228 e. The maximum atomic E-state index is 13.1. The second kappa shape index (κ2) is 6.73. The molecule has 0 aliphatic heterocycles. The molecule has 0 aliphatic carbocycles. The number of rotatable bonds is 5. The fourth-order valence-electron chi connectivity index (χ4n) is 2.45. The summed E-state index contributed by atoms with van der Waals surface area (Å²) in [5.41, 5.74) is 3.29. The molecule has 0 fully saturated rings. The summed E-state index contributed by atoms with van der Waals surface area (Å²) in [6.07, 6.45) is 0.242. The summed E-state index contributed by atoms with van der Waals surface area (Å²) >= 11 is 0. The molecule has 1 N–H and O–H groups in total. The van der Waals surface area contributed by atoms with Crippen LogP contribution < -0.4 is 5.32 Å². The summed E-state index contributed by atoms with van der Waals surface area (Å²) in [4.78, 5) is 12.2. The topological polar surface area (TPSA) is 46.9 Å². The summed E-state index contributed by atoms with van der Waals surface area (Å²) in [5, 5.41) is 7.22. The predicted octanol–water partition coefficient (Wildman–Crippen LogP) is 3.48. The molecule has 4 nitrogen and oxygen atoms in total. The zero-order valence-electron chi connectivity index (χ0n) is 13.5. The first-order valence-electron chi connectivity index (χ1n) is 7.45. The number of hydrogen-bond donors (Lipinski definition) is 1. The van der Waals surface area contributed by atoms with Gasteiger partial charge in [-0.2, -0.15) is 5.10 Å². The number of amides is 1. The van der Waals surface area contributed by atoms with E-state index in [1.165, 1.54) is 12.1 Å². The quantitative estimate of drug-likeness (QED) is 0.919. The Labute approximate surface area is 130 Å². The van der Waals surface area contributed by atoms with Crippen LogP contribution in [0.3, 0.4) is 0 Å². The minimum absolute atomic E-state index is 0.166. The van der Waals surface area contributed by atoms with E-state index in [1.54, 1.807) is 12.1 Å². The fourth-order valence-corrected chi connectivity index (χ4v) is 2.45. The maximum absolute atomic E-state index is 13.1. The van der Waals surface area contributed by atoms with Crippen LogP contribution >= 0.6 is 0 Å². The number of aryl methyl sites for hydroxylation is 1. The fraction of sp³-hybridized carbons (Fsp3) is 0.412. The highest BCUT2D eigenvalue weighted by molar-refractivity contribution is 5.92. The molecule has 2 aromatic rings. The number of carbonyl (C=O) groups is 1. The van der Waals surface area contributed by atoms with E-state index in [4.69, 9.17) is 0 Å². The van der Waals surface area contributed by atoms with Crippen molar-refractivity contribution in [2.75, 3.05) is 5.32 Å². The lowest BCUT2D eigenvalue weighted by molar-refractivity contribution is -0.115. The molecule has 1 aromatic carbocycles. The van der Waals surface area contributed by atoms with Crippen molar-refractivity contribution in [1.82, 2.24) is 9.78 Å². The van der Waals surface area contributed by atoms with Gasteiger partial charge in [0.2, 0.25) is 5.91 Å².